The molecule has 0 saturated heterocycles. The molecular weight excluding hydrogens is 502 g/mol. The number of aryl methyl sites for hydroxylation is 1. The van der Waals surface area contributed by atoms with Crippen LogP contribution in [-0.2, 0) is 16.6 Å². The van der Waals surface area contributed by atoms with Crippen molar-refractivity contribution in [3.05, 3.63) is 46.8 Å². The fraction of sp³-hybridized carbons (Fsp3) is 0.333. The number of aromatic nitrogens is 1. The number of methoxy groups -OCH3 is 2. The number of sulfonamides is 1. The fourth-order valence-corrected chi connectivity index (χ4v) is 6.10. The van der Waals surface area contributed by atoms with Crippen molar-refractivity contribution in [1.82, 2.24) is 8.87 Å². The van der Waals surface area contributed by atoms with Gasteiger partial charge in [0.05, 0.1) is 41.5 Å². The molecule has 36 heavy (non-hydrogen) atoms. The minimum Gasteiger partial charge on any atom is -0.493 e. The maximum absolute atomic E-state index is 13.0. The smallest absolute Gasteiger partial charge is 0.279 e. The lowest BCUT2D eigenvalue weighted by atomic mass is 10.2. The molecule has 3 rings (SSSR count). The zero-order valence-electron chi connectivity index (χ0n) is 20.1. The number of hydrogen-bond acceptors (Lipinski definition) is 8. The summed E-state index contributed by atoms with van der Waals surface area (Å²) < 4.78 is 40.6. The van der Waals surface area contributed by atoms with Crippen molar-refractivity contribution in [2.24, 2.45) is 4.99 Å². The third-order valence-corrected chi connectivity index (χ3v) is 8.34. The minimum atomic E-state index is -3.92. The van der Waals surface area contributed by atoms with Crippen molar-refractivity contribution in [3.63, 3.8) is 0 Å². The third kappa shape index (κ3) is 5.57. The second-order valence-electron chi connectivity index (χ2n) is 7.47. The number of nitriles is 2. The normalized spacial score (nSPS) is 11.9. The summed E-state index contributed by atoms with van der Waals surface area (Å²) in [6.45, 7) is 2.47. The molecule has 1 amide bonds. The molecule has 1 aromatic heterocycles. The number of amides is 1. The molecule has 10 nitrogen and oxygen atoms in total. The average Bonchev–Trinajstić information content (AvgIpc) is 3.23. The van der Waals surface area contributed by atoms with Gasteiger partial charge in [-0.25, -0.2) is 8.42 Å². The Morgan fingerprint density at radius 3 is 2.17 bits per heavy atom. The van der Waals surface area contributed by atoms with Crippen LogP contribution >= 0.6 is 11.3 Å². The van der Waals surface area contributed by atoms with Gasteiger partial charge in [-0.15, -0.1) is 0 Å². The Balaban J connectivity index is 1.95. The highest BCUT2D eigenvalue weighted by molar-refractivity contribution is 7.89. The minimum absolute atomic E-state index is 0.00442. The van der Waals surface area contributed by atoms with Crippen molar-refractivity contribution in [3.8, 4) is 23.6 Å². The van der Waals surface area contributed by atoms with E-state index in [1.807, 2.05) is 35.8 Å². The van der Waals surface area contributed by atoms with Gasteiger partial charge in [-0.3, -0.25) is 4.79 Å². The molecule has 0 fully saturated rings. The number of ether oxygens (including phenoxy) is 2. The SMILES string of the molecule is CCn1c(=NC(=O)c2ccc(S(=O)(=O)N(CCC#N)CCC#N)cc2)sc2cc(OC)c(OC)cc21. The van der Waals surface area contributed by atoms with Crippen LogP contribution in [0.1, 0.15) is 30.1 Å². The van der Waals surface area contributed by atoms with Crippen LogP contribution in [0, 0.1) is 22.7 Å². The molecule has 1 heterocycles. The molecule has 0 aliphatic rings. The quantitative estimate of drug-likeness (QED) is 0.394. The maximum Gasteiger partial charge on any atom is 0.279 e. The molecule has 0 N–H and O–H groups in total. The van der Waals surface area contributed by atoms with Crippen LogP contribution in [-0.4, -0.2) is 50.5 Å². The van der Waals surface area contributed by atoms with Gasteiger partial charge in [0.1, 0.15) is 0 Å². The first-order valence-corrected chi connectivity index (χ1v) is 13.2. The third-order valence-electron chi connectivity index (χ3n) is 5.39. The molecular formula is C24H25N5O5S2. The summed E-state index contributed by atoms with van der Waals surface area (Å²) in [5.41, 5.74) is 1.08. The van der Waals surface area contributed by atoms with Crippen LogP contribution < -0.4 is 14.3 Å². The first-order chi connectivity index (χ1) is 17.3. The van der Waals surface area contributed by atoms with E-state index in [4.69, 9.17) is 20.0 Å². The maximum atomic E-state index is 13.0. The van der Waals surface area contributed by atoms with Crippen molar-refractivity contribution in [1.29, 1.82) is 10.5 Å². The van der Waals surface area contributed by atoms with Gasteiger partial charge >= 0.3 is 0 Å². The lowest BCUT2D eigenvalue weighted by Crippen LogP contribution is -2.32. The lowest BCUT2D eigenvalue weighted by molar-refractivity contribution is 0.0997. The molecule has 3 aromatic rings. The Kier molecular flexibility index (Phi) is 8.83. The van der Waals surface area contributed by atoms with E-state index in [2.05, 4.69) is 4.99 Å². The Morgan fingerprint density at radius 2 is 1.64 bits per heavy atom. The Labute approximate surface area is 213 Å². The van der Waals surface area contributed by atoms with Crippen molar-refractivity contribution >= 4 is 37.5 Å². The van der Waals surface area contributed by atoms with Gasteiger partial charge < -0.3 is 14.0 Å². The first kappa shape index (κ1) is 26.9. The molecule has 0 spiro atoms. The van der Waals surface area contributed by atoms with Crippen molar-refractivity contribution in [2.45, 2.75) is 31.2 Å². The Bertz CT molecular complexity index is 1490. The molecule has 0 unspecified atom stereocenters. The Morgan fingerprint density at radius 1 is 1.06 bits per heavy atom. The van der Waals surface area contributed by atoms with E-state index in [-0.39, 0.29) is 36.4 Å². The van der Waals surface area contributed by atoms with Crippen molar-refractivity contribution < 1.29 is 22.7 Å². The summed E-state index contributed by atoms with van der Waals surface area (Å²) in [4.78, 5) is 17.7. The van der Waals surface area contributed by atoms with Crippen LogP contribution in [0.4, 0.5) is 0 Å². The largest absolute Gasteiger partial charge is 0.493 e. The summed E-state index contributed by atoms with van der Waals surface area (Å²) in [7, 11) is -0.820. The van der Waals surface area contributed by atoms with Crippen LogP contribution in [0.15, 0.2) is 46.3 Å². The second kappa shape index (κ2) is 11.8. The number of hydrogen-bond donors (Lipinski definition) is 0. The standard InChI is InChI=1S/C24H25N5O5S2/c1-4-29-19-15-20(33-2)21(34-3)16-22(19)35-24(29)27-23(30)17-7-9-18(10-8-17)36(31,32)28(13-5-11-25)14-6-12-26/h7-10,15-16H,4-6,13-14H2,1-3H3. The predicted molar refractivity (Wildman–Crippen MR) is 134 cm³/mol. The van der Waals surface area contributed by atoms with Crippen molar-refractivity contribution in [2.75, 3.05) is 27.3 Å². The number of carbonyl (C=O) groups is 1. The number of fused-ring (bicyclic) bond motifs is 1. The predicted octanol–water partition coefficient (Wildman–Crippen LogP) is 3.30. The van der Waals surface area contributed by atoms with E-state index >= 15 is 0 Å². The molecule has 188 valence electrons. The molecule has 0 aliphatic carbocycles. The summed E-state index contributed by atoms with van der Waals surface area (Å²) in [5, 5.41) is 17.7. The molecule has 0 saturated carbocycles. The van der Waals surface area contributed by atoms with Gasteiger partial charge in [-0.1, -0.05) is 11.3 Å². The molecule has 0 aliphatic heterocycles. The van der Waals surface area contributed by atoms with Crippen LogP contribution in [0.5, 0.6) is 11.5 Å². The van der Waals surface area contributed by atoms with E-state index in [0.29, 0.717) is 22.8 Å². The fourth-order valence-electron chi connectivity index (χ4n) is 3.56. The highest BCUT2D eigenvalue weighted by Crippen LogP contribution is 2.33. The summed E-state index contributed by atoms with van der Waals surface area (Å²) in [6.07, 6.45) is 0.00883. The number of benzene rings is 2. The van der Waals surface area contributed by atoms with E-state index in [9.17, 15) is 13.2 Å². The zero-order chi connectivity index (χ0) is 26.3. The Hall–Kier alpha value is -3.71. The van der Waals surface area contributed by atoms with Gasteiger partial charge in [0, 0.05) is 50.2 Å². The molecule has 2 aromatic carbocycles. The topological polar surface area (TPSA) is 138 Å². The average molecular weight is 528 g/mol. The number of rotatable bonds is 10. The number of thiazole rings is 1. The van der Waals surface area contributed by atoms with Crippen LogP contribution in [0.25, 0.3) is 10.2 Å². The summed E-state index contributed by atoms with van der Waals surface area (Å²) in [6, 6.07) is 13.0. The highest BCUT2D eigenvalue weighted by atomic mass is 32.2. The lowest BCUT2D eigenvalue weighted by Gasteiger charge is -2.20. The van der Waals surface area contributed by atoms with Crippen LogP contribution in [0.3, 0.4) is 0 Å². The van der Waals surface area contributed by atoms with Gasteiger partial charge in [-0.05, 0) is 31.2 Å². The van der Waals surface area contributed by atoms with Crippen LogP contribution in [0.2, 0.25) is 0 Å². The van der Waals surface area contributed by atoms with Gasteiger partial charge in [-0.2, -0.15) is 19.8 Å². The summed E-state index contributed by atoms with van der Waals surface area (Å²) >= 11 is 1.33. The second-order valence-corrected chi connectivity index (χ2v) is 10.4. The van der Waals surface area contributed by atoms with E-state index < -0.39 is 15.9 Å². The monoisotopic (exact) mass is 527 g/mol. The zero-order valence-corrected chi connectivity index (χ0v) is 21.7. The molecule has 0 bridgehead atoms. The van der Waals surface area contributed by atoms with E-state index in [1.165, 1.54) is 35.6 Å². The molecule has 0 atom stereocenters. The molecule has 0 radical (unpaired) electrons. The number of carbonyl (C=O) groups excluding carboxylic acids is 1. The highest BCUT2D eigenvalue weighted by Gasteiger charge is 2.24. The van der Waals surface area contributed by atoms with Gasteiger partial charge in [0.2, 0.25) is 10.0 Å². The number of nitrogens with zero attached hydrogens (tertiary/aromatic N) is 5. The van der Waals surface area contributed by atoms with E-state index in [1.54, 1.807) is 14.2 Å². The molecule has 12 heteroatoms. The van der Waals surface area contributed by atoms with Gasteiger partial charge in [0.25, 0.3) is 5.91 Å². The first-order valence-electron chi connectivity index (χ1n) is 11.0. The van der Waals surface area contributed by atoms with Gasteiger partial charge in [0.15, 0.2) is 16.3 Å². The van der Waals surface area contributed by atoms with E-state index in [0.717, 1.165) is 14.5 Å². The summed E-state index contributed by atoms with van der Waals surface area (Å²) in [5.74, 6) is 0.624.